The van der Waals surface area contributed by atoms with Gasteiger partial charge in [-0.25, -0.2) is 0 Å². The van der Waals surface area contributed by atoms with E-state index >= 15 is 0 Å². The molecule has 1 spiro atoms. The van der Waals surface area contributed by atoms with Gasteiger partial charge in [0.15, 0.2) is 6.71 Å². The Morgan fingerprint density at radius 1 is 0.828 bits per heavy atom. The molecule has 4 atom stereocenters. The van der Waals surface area contributed by atoms with Crippen LogP contribution in [0.25, 0.3) is 0 Å². The van der Waals surface area contributed by atoms with Crippen molar-refractivity contribution < 1.29 is 0 Å². The first-order valence-corrected chi connectivity index (χ1v) is 11.8. The highest BCUT2D eigenvalue weighted by Gasteiger charge is 2.55. The summed E-state index contributed by atoms with van der Waals surface area (Å²) in [6, 6.07) is 4.81. The van der Waals surface area contributed by atoms with Crippen LogP contribution in [0, 0.1) is 29.1 Å². The first kappa shape index (κ1) is 22.4. The quantitative estimate of drug-likeness (QED) is 0.668. The van der Waals surface area contributed by atoms with Crippen LogP contribution in [0.5, 0.6) is 0 Å². The van der Waals surface area contributed by atoms with Gasteiger partial charge < -0.3 is 14.7 Å². The molecule has 1 aliphatic carbocycles. The van der Waals surface area contributed by atoms with E-state index < -0.39 is 0 Å². The zero-order chi connectivity index (χ0) is 21.7. The average molecular weight is 397 g/mol. The Hall–Kier alpha value is -1.32. The summed E-state index contributed by atoms with van der Waals surface area (Å²) in [6.07, 6.45) is 2.82. The molecule has 2 fully saturated rings. The SMILES string of the molecule is CB(C)c1c(N(C)C)cc(N(C)C)cc1N1CC(C)C2(C(C)CCC2C)C(C)C1. The maximum absolute atomic E-state index is 2.73. The first-order valence-electron chi connectivity index (χ1n) is 11.8. The van der Waals surface area contributed by atoms with E-state index in [1.165, 1.54) is 48.5 Å². The van der Waals surface area contributed by atoms with Gasteiger partial charge in [0.25, 0.3) is 0 Å². The van der Waals surface area contributed by atoms with Crippen molar-refractivity contribution in [3.05, 3.63) is 12.1 Å². The van der Waals surface area contributed by atoms with Gasteiger partial charge in [0.1, 0.15) is 0 Å². The summed E-state index contributed by atoms with van der Waals surface area (Å²) in [4.78, 5) is 7.28. The molecule has 1 aromatic carbocycles. The minimum absolute atomic E-state index is 0.504. The summed E-state index contributed by atoms with van der Waals surface area (Å²) in [5.74, 6) is 3.15. The van der Waals surface area contributed by atoms with E-state index in [-0.39, 0.29) is 0 Å². The maximum atomic E-state index is 2.73. The van der Waals surface area contributed by atoms with Crippen LogP contribution in [0.4, 0.5) is 17.1 Å². The number of piperidine rings is 1. The fourth-order valence-corrected chi connectivity index (χ4v) is 7.25. The van der Waals surface area contributed by atoms with E-state index in [0.29, 0.717) is 12.1 Å². The molecule has 1 heterocycles. The fourth-order valence-electron chi connectivity index (χ4n) is 7.25. The van der Waals surface area contributed by atoms with Gasteiger partial charge in [0.2, 0.25) is 0 Å². The van der Waals surface area contributed by atoms with Crippen molar-refractivity contribution in [3.63, 3.8) is 0 Å². The second kappa shape index (κ2) is 8.08. The lowest BCUT2D eigenvalue weighted by Crippen LogP contribution is -2.56. The van der Waals surface area contributed by atoms with Crippen molar-refractivity contribution in [1.29, 1.82) is 0 Å². The third kappa shape index (κ3) is 3.55. The zero-order valence-corrected chi connectivity index (χ0v) is 20.7. The Kier molecular flexibility index (Phi) is 6.23. The van der Waals surface area contributed by atoms with Gasteiger partial charge in [-0.15, -0.1) is 0 Å². The van der Waals surface area contributed by atoms with E-state index in [4.69, 9.17) is 0 Å². The van der Waals surface area contributed by atoms with E-state index in [2.05, 4.69) is 96.4 Å². The van der Waals surface area contributed by atoms with Crippen LogP contribution in [-0.4, -0.2) is 48.0 Å². The molecular weight excluding hydrogens is 353 g/mol. The van der Waals surface area contributed by atoms with Crippen LogP contribution in [0.15, 0.2) is 12.1 Å². The highest BCUT2D eigenvalue weighted by Crippen LogP contribution is 2.59. The van der Waals surface area contributed by atoms with Crippen LogP contribution in [0.1, 0.15) is 40.5 Å². The Morgan fingerprint density at radius 3 is 1.76 bits per heavy atom. The van der Waals surface area contributed by atoms with Crippen molar-refractivity contribution in [2.24, 2.45) is 29.1 Å². The van der Waals surface area contributed by atoms with Crippen molar-refractivity contribution in [1.82, 2.24) is 0 Å². The summed E-state index contributed by atoms with van der Waals surface area (Å²) in [6.45, 7) is 17.7. The molecule has 1 aliphatic heterocycles. The molecule has 0 amide bonds. The Balaban J connectivity index is 2.07. The third-order valence-corrected chi connectivity index (χ3v) is 8.47. The number of hydrogen-bond donors (Lipinski definition) is 0. The van der Waals surface area contributed by atoms with E-state index in [1.54, 1.807) is 0 Å². The third-order valence-electron chi connectivity index (χ3n) is 8.47. The number of nitrogens with zero attached hydrogens (tertiary/aromatic N) is 3. The van der Waals surface area contributed by atoms with Crippen LogP contribution in [-0.2, 0) is 0 Å². The summed E-state index contributed by atoms with van der Waals surface area (Å²) >= 11 is 0. The van der Waals surface area contributed by atoms with Crippen LogP contribution in [0.3, 0.4) is 0 Å². The molecule has 1 aromatic rings. The van der Waals surface area contributed by atoms with Crippen LogP contribution < -0.4 is 20.2 Å². The summed E-state index contributed by atoms with van der Waals surface area (Å²) in [5.41, 5.74) is 6.14. The Morgan fingerprint density at radius 2 is 1.34 bits per heavy atom. The molecule has 162 valence electrons. The first-order chi connectivity index (χ1) is 13.5. The minimum Gasteiger partial charge on any atom is -0.378 e. The maximum Gasteiger partial charge on any atom is 0.175 e. The molecule has 1 saturated heterocycles. The fraction of sp³-hybridized carbons (Fsp3) is 0.760. The number of rotatable bonds is 4. The highest BCUT2D eigenvalue weighted by molar-refractivity contribution is 6.74. The molecule has 4 unspecified atom stereocenters. The summed E-state index contributed by atoms with van der Waals surface area (Å²) in [5, 5.41) is 0. The molecule has 0 radical (unpaired) electrons. The topological polar surface area (TPSA) is 9.72 Å². The second-order valence-corrected chi connectivity index (χ2v) is 10.9. The standard InChI is InChI=1S/C25H44BN3/c1-17-11-12-18(2)25(17)19(3)15-29(16-20(25)4)23-14-21(27(7)8)13-22(28(9)10)24(23)26(5)6/h13-14,17-20H,11-12,15-16H2,1-10H3. The largest absolute Gasteiger partial charge is 0.378 e. The van der Waals surface area contributed by atoms with Gasteiger partial charge in [-0.3, -0.25) is 0 Å². The normalized spacial score (nSPS) is 32.0. The Bertz CT molecular complexity index is 703. The van der Waals surface area contributed by atoms with Gasteiger partial charge >= 0.3 is 0 Å². The lowest BCUT2D eigenvalue weighted by molar-refractivity contribution is -0.00574. The monoisotopic (exact) mass is 397 g/mol. The Labute approximate surface area is 180 Å². The van der Waals surface area contributed by atoms with Crippen LogP contribution >= 0.6 is 0 Å². The number of hydrogen-bond acceptors (Lipinski definition) is 3. The molecule has 2 aliphatic rings. The predicted molar refractivity (Wildman–Crippen MR) is 133 cm³/mol. The number of benzene rings is 1. The van der Waals surface area contributed by atoms with E-state index in [9.17, 15) is 0 Å². The molecule has 0 N–H and O–H groups in total. The molecule has 3 rings (SSSR count). The molecular formula is C25H44BN3. The van der Waals surface area contributed by atoms with Gasteiger partial charge in [-0.05, 0) is 59.5 Å². The van der Waals surface area contributed by atoms with Crippen molar-refractivity contribution >= 4 is 29.2 Å². The summed E-state index contributed by atoms with van der Waals surface area (Å²) < 4.78 is 0. The average Bonchev–Trinajstić information content (AvgIpc) is 2.93. The summed E-state index contributed by atoms with van der Waals surface area (Å²) in [7, 11) is 8.68. The van der Waals surface area contributed by atoms with Gasteiger partial charge in [0.05, 0.1) is 0 Å². The molecule has 29 heavy (non-hydrogen) atoms. The van der Waals surface area contributed by atoms with Gasteiger partial charge in [-0.1, -0.05) is 41.3 Å². The van der Waals surface area contributed by atoms with Crippen molar-refractivity contribution in [2.45, 2.75) is 54.2 Å². The molecule has 3 nitrogen and oxygen atoms in total. The lowest BCUT2D eigenvalue weighted by atomic mass is 9.48. The smallest absolute Gasteiger partial charge is 0.175 e. The van der Waals surface area contributed by atoms with Gasteiger partial charge in [0, 0.05) is 58.3 Å². The molecule has 0 bridgehead atoms. The van der Waals surface area contributed by atoms with Crippen molar-refractivity contribution in [3.8, 4) is 0 Å². The lowest BCUT2D eigenvalue weighted by Gasteiger charge is -2.55. The predicted octanol–water partition coefficient (Wildman–Crippen LogP) is 4.92. The molecule has 1 saturated carbocycles. The van der Waals surface area contributed by atoms with Crippen LogP contribution in [0.2, 0.25) is 13.6 Å². The van der Waals surface area contributed by atoms with E-state index in [0.717, 1.165) is 23.7 Å². The minimum atomic E-state index is 0.504. The van der Waals surface area contributed by atoms with E-state index in [1.807, 2.05) is 0 Å². The molecule has 4 heteroatoms. The van der Waals surface area contributed by atoms with Gasteiger partial charge in [-0.2, -0.15) is 0 Å². The van der Waals surface area contributed by atoms with Crippen molar-refractivity contribution in [2.75, 3.05) is 56.0 Å². The second-order valence-electron chi connectivity index (χ2n) is 10.9. The highest BCUT2D eigenvalue weighted by atomic mass is 15.2. The number of anilines is 3. The molecule has 0 aromatic heterocycles. The zero-order valence-electron chi connectivity index (χ0n) is 20.7.